The first-order valence-electron chi connectivity index (χ1n) is 7.03. The second-order valence-corrected chi connectivity index (χ2v) is 4.84. The Hall–Kier alpha value is -2.29. The summed E-state index contributed by atoms with van der Waals surface area (Å²) in [5.41, 5.74) is 4.38. The number of aliphatic imine (C=N–C) groups is 1. The molecule has 0 atom stereocenters. The van der Waals surface area contributed by atoms with Crippen LogP contribution >= 0.6 is 0 Å². The lowest BCUT2D eigenvalue weighted by Gasteiger charge is -2.10. The van der Waals surface area contributed by atoms with Crippen molar-refractivity contribution in [1.82, 2.24) is 0 Å². The van der Waals surface area contributed by atoms with Crippen LogP contribution in [0.15, 0.2) is 41.4 Å². The van der Waals surface area contributed by atoms with Crippen LogP contribution in [0.3, 0.4) is 0 Å². The Morgan fingerprint density at radius 3 is 2.19 bits per heavy atom. The average molecular weight is 283 g/mol. The number of methoxy groups -OCH3 is 2. The highest BCUT2D eigenvalue weighted by molar-refractivity contribution is 5.85. The SMILES string of the molecule is CCc1ccc(N=Cc2cc(OC)c(OC)cc2C)cc1. The predicted octanol–water partition coefficient (Wildman–Crippen LogP) is 4.33. The lowest BCUT2D eigenvalue weighted by molar-refractivity contribution is 0.354. The number of benzene rings is 2. The van der Waals surface area contributed by atoms with E-state index in [0.29, 0.717) is 5.75 Å². The van der Waals surface area contributed by atoms with Crippen LogP contribution in [0.5, 0.6) is 11.5 Å². The molecule has 0 amide bonds. The summed E-state index contributed by atoms with van der Waals surface area (Å²) in [5, 5.41) is 0. The van der Waals surface area contributed by atoms with Gasteiger partial charge in [0, 0.05) is 6.21 Å². The quantitative estimate of drug-likeness (QED) is 0.765. The molecule has 3 nitrogen and oxygen atoms in total. The monoisotopic (exact) mass is 283 g/mol. The van der Waals surface area contributed by atoms with Gasteiger partial charge < -0.3 is 9.47 Å². The largest absolute Gasteiger partial charge is 0.493 e. The fourth-order valence-corrected chi connectivity index (χ4v) is 2.10. The summed E-state index contributed by atoms with van der Waals surface area (Å²) in [4.78, 5) is 4.52. The van der Waals surface area contributed by atoms with Crippen molar-refractivity contribution in [2.45, 2.75) is 20.3 Å². The van der Waals surface area contributed by atoms with E-state index in [9.17, 15) is 0 Å². The molecule has 2 aromatic rings. The molecule has 0 N–H and O–H groups in total. The summed E-state index contributed by atoms with van der Waals surface area (Å²) in [6.45, 7) is 4.18. The van der Waals surface area contributed by atoms with Crippen LogP contribution in [0.4, 0.5) is 5.69 Å². The summed E-state index contributed by atoms with van der Waals surface area (Å²) in [7, 11) is 3.28. The van der Waals surface area contributed by atoms with Crippen molar-refractivity contribution < 1.29 is 9.47 Å². The van der Waals surface area contributed by atoms with E-state index in [0.717, 1.165) is 29.0 Å². The van der Waals surface area contributed by atoms with Crippen molar-refractivity contribution >= 4 is 11.9 Å². The smallest absolute Gasteiger partial charge is 0.161 e. The Kier molecular flexibility index (Phi) is 4.99. The molecule has 110 valence electrons. The van der Waals surface area contributed by atoms with Gasteiger partial charge in [0.05, 0.1) is 19.9 Å². The second-order valence-electron chi connectivity index (χ2n) is 4.84. The molecule has 0 aliphatic heterocycles. The summed E-state index contributed by atoms with van der Waals surface area (Å²) < 4.78 is 10.6. The van der Waals surface area contributed by atoms with E-state index in [2.05, 4.69) is 24.0 Å². The van der Waals surface area contributed by atoms with Gasteiger partial charge in [-0.2, -0.15) is 0 Å². The molecule has 0 aliphatic rings. The standard InChI is InChI=1S/C18H21NO2/c1-5-14-6-8-16(9-7-14)19-12-15-11-18(21-4)17(20-3)10-13(15)2/h6-12H,5H2,1-4H3. The van der Waals surface area contributed by atoms with Crippen LogP contribution < -0.4 is 9.47 Å². The van der Waals surface area contributed by atoms with Crippen LogP contribution in [0.25, 0.3) is 0 Å². The van der Waals surface area contributed by atoms with Crippen LogP contribution in [-0.2, 0) is 6.42 Å². The molecule has 21 heavy (non-hydrogen) atoms. The molecule has 3 heteroatoms. The fourth-order valence-electron chi connectivity index (χ4n) is 2.10. The molecular formula is C18H21NO2. The minimum atomic E-state index is 0.714. The van der Waals surface area contributed by atoms with Gasteiger partial charge in [-0.15, -0.1) is 0 Å². The first-order chi connectivity index (χ1) is 10.2. The molecule has 0 aromatic heterocycles. The van der Waals surface area contributed by atoms with Crippen LogP contribution in [0.2, 0.25) is 0 Å². The van der Waals surface area contributed by atoms with Gasteiger partial charge in [0.2, 0.25) is 0 Å². The van der Waals surface area contributed by atoms with Gasteiger partial charge in [-0.1, -0.05) is 19.1 Å². The number of rotatable bonds is 5. The molecule has 0 unspecified atom stereocenters. The third-order valence-electron chi connectivity index (χ3n) is 3.47. The Morgan fingerprint density at radius 1 is 1.00 bits per heavy atom. The molecule has 0 spiro atoms. The lowest BCUT2D eigenvalue weighted by atomic mass is 10.1. The number of ether oxygens (including phenoxy) is 2. The molecule has 0 saturated carbocycles. The van der Waals surface area contributed by atoms with Crippen molar-refractivity contribution in [3.8, 4) is 11.5 Å². The van der Waals surface area contributed by atoms with Crippen molar-refractivity contribution in [3.05, 3.63) is 53.1 Å². The van der Waals surface area contributed by atoms with Crippen molar-refractivity contribution in [1.29, 1.82) is 0 Å². The number of hydrogen-bond acceptors (Lipinski definition) is 3. The maximum Gasteiger partial charge on any atom is 0.161 e. The van der Waals surface area contributed by atoms with Gasteiger partial charge >= 0.3 is 0 Å². The minimum absolute atomic E-state index is 0.714. The molecular weight excluding hydrogens is 262 g/mol. The highest BCUT2D eigenvalue weighted by Crippen LogP contribution is 2.29. The van der Waals surface area contributed by atoms with E-state index < -0.39 is 0 Å². The Labute approximate surface area is 126 Å². The third-order valence-corrected chi connectivity index (χ3v) is 3.47. The second kappa shape index (κ2) is 6.93. The Balaban J connectivity index is 2.27. The first kappa shape index (κ1) is 15.1. The number of nitrogens with zero attached hydrogens (tertiary/aromatic N) is 1. The molecule has 2 rings (SSSR count). The average Bonchev–Trinajstić information content (AvgIpc) is 2.53. The summed E-state index contributed by atoms with van der Waals surface area (Å²) in [5.74, 6) is 1.45. The highest BCUT2D eigenvalue weighted by Gasteiger charge is 2.06. The molecule has 0 saturated heterocycles. The summed E-state index contributed by atoms with van der Waals surface area (Å²) >= 11 is 0. The Bertz CT molecular complexity index is 630. The lowest BCUT2D eigenvalue weighted by Crippen LogP contribution is -1.95. The van der Waals surface area contributed by atoms with Crippen molar-refractivity contribution in [2.24, 2.45) is 4.99 Å². The zero-order chi connectivity index (χ0) is 15.2. The van der Waals surface area contributed by atoms with E-state index in [1.54, 1.807) is 14.2 Å². The van der Waals surface area contributed by atoms with Gasteiger partial charge in [-0.25, -0.2) is 0 Å². The third kappa shape index (κ3) is 3.63. The zero-order valence-corrected chi connectivity index (χ0v) is 13.0. The van der Waals surface area contributed by atoms with Gasteiger partial charge in [-0.3, -0.25) is 4.99 Å². The van der Waals surface area contributed by atoms with E-state index in [1.165, 1.54) is 5.56 Å². The molecule has 0 bridgehead atoms. The normalized spacial score (nSPS) is 10.9. The number of hydrogen-bond donors (Lipinski definition) is 0. The summed E-state index contributed by atoms with van der Waals surface area (Å²) in [6.07, 6.45) is 2.90. The maximum atomic E-state index is 5.33. The van der Waals surface area contributed by atoms with Gasteiger partial charge in [-0.05, 0) is 54.3 Å². The van der Waals surface area contributed by atoms with E-state index in [-0.39, 0.29) is 0 Å². The molecule has 0 heterocycles. The van der Waals surface area contributed by atoms with Gasteiger partial charge in [0.1, 0.15) is 0 Å². The molecule has 0 fully saturated rings. The van der Waals surface area contributed by atoms with Crippen LogP contribution in [-0.4, -0.2) is 20.4 Å². The predicted molar refractivity (Wildman–Crippen MR) is 87.4 cm³/mol. The van der Waals surface area contributed by atoms with E-state index in [1.807, 2.05) is 37.4 Å². The molecule has 0 aliphatic carbocycles. The van der Waals surface area contributed by atoms with Crippen LogP contribution in [0, 0.1) is 6.92 Å². The first-order valence-corrected chi connectivity index (χ1v) is 7.03. The van der Waals surface area contributed by atoms with Crippen molar-refractivity contribution in [3.63, 3.8) is 0 Å². The highest BCUT2D eigenvalue weighted by atomic mass is 16.5. The molecule has 0 radical (unpaired) electrons. The maximum absolute atomic E-state index is 5.33. The van der Waals surface area contributed by atoms with Gasteiger partial charge in [0.15, 0.2) is 11.5 Å². The van der Waals surface area contributed by atoms with Crippen molar-refractivity contribution in [2.75, 3.05) is 14.2 Å². The van der Waals surface area contributed by atoms with E-state index >= 15 is 0 Å². The van der Waals surface area contributed by atoms with Gasteiger partial charge in [0.25, 0.3) is 0 Å². The fraction of sp³-hybridized carbons (Fsp3) is 0.278. The zero-order valence-electron chi connectivity index (χ0n) is 13.0. The van der Waals surface area contributed by atoms with Crippen LogP contribution in [0.1, 0.15) is 23.6 Å². The molecule has 2 aromatic carbocycles. The summed E-state index contributed by atoms with van der Waals surface area (Å²) in [6, 6.07) is 12.2. The minimum Gasteiger partial charge on any atom is -0.493 e. The number of aryl methyl sites for hydroxylation is 2. The topological polar surface area (TPSA) is 30.8 Å². The Morgan fingerprint density at radius 2 is 1.62 bits per heavy atom. The van der Waals surface area contributed by atoms with E-state index in [4.69, 9.17) is 9.47 Å².